The molecule has 9 heavy (non-hydrogen) atoms. The van der Waals surface area contributed by atoms with E-state index < -0.39 is 0 Å². The second-order valence-corrected chi connectivity index (χ2v) is 3.47. The molecule has 1 rings (SSSR count). The van der Waals surface area contributed by atoms with Crippen molar-refractivity contribution < 1.29 is 0 Å². The first-order valence-electron chi connectivity index (χ1n) is 3.39. The third-order valence-corrected chi connectivity index (χ3v) is 2.54. The Labute approximate surface area is 61.4 Å². The lowest BCUT2D eigenvalue weighted by Crippen LogP contribution is -2.42. The van der Waals surface area contributed by atoms with Crippen molar-refractivity contribution >= 4 is 12.6 Å². The third kappa shape index (κ3) is 1.85. The molecule has 1 fully saturated rings. The van der Waals surface area contributed by atoms with Gasteiger partial charge in [-0.15, -0.1) is 0 Å². The van der Waals surface area contributed by atoms with E-state index >= 15 is 0 Å². The van der Waals surface area contributed by atoms with Crippen molar-refractivity contribution in [3.63, 3.8) is 0 Å². The molecule has 2 nitrogen and oxygen atoms in total. The summed E-state index contributed by atoms with van der Waals surface area (Å²) < 4.78 is 0. The van der Waals surface area contributed by atoms with E-state index in [1.54, 1.807) is 0 Å². The molecule has 1 saturated carbocycles. The lowest BCUT2D eigenvalue weighted by atomic mass is 9.92. The minimum absolute atomic E-state index is 0.220. The lowest BCUT2D eigenvalue weighted by Gasteiger charge is -2.28. The van der Waals surface area contributed by atoms with Crippen LogP contribution in [-0.4, -0.2) is 17.3 Å². The van der Waals surface area contributed by atoms with E-state index in [0.717, 1.165) is 19.3 Å². The Kier molecular flexibility index (Phi) is 2.38. The van der Waals surface area contributed by atoms with Crippen LogP contribution in [0.5, 0.6) is 0 Å². The predicted octanol–water partition coefficient (Wildman–Crippen LogP) is 0.123. The molecule has 0 aromatic carbocycles. The van der Waals surface area contributed by atoms with Crippen molar-refractivity contribution in [3.05, 3.63) is 0 Å². The Balaban J connectivity index is 2.35. The third-order valence-electron chi connectivity index (χ3n) is 1.90. The van der Waals surface area contributed by atoms with Gasteiger partial charge < -0.3 is 11.5 Å². The summed E-state index contributed by atoms with van der Waals surface area (Å²) in [6.07, 6.45) is 3.10. The molecule has 0 amide bonds. The van der Waals surface area contributed by atoms with Gasteiger partial charge in [-0.2, -0.15) is 12.6 Å². The summed E-state index contributed by atoms with van der Waals surface area (Å²) in [6.45, 7) is 0. The van der Waals surface area contributed by atoms with Crippen LogP contribution in [0.15, 0.2) is 0 Å². The molecule has 0 bridgehead atoms. The summed E-state index contributed by atoms with van der Waals surface area (Å²) in [5, 5.41) is 0.379. The average Bonchev–Trinajstić information content (AvgIpc) is 1.80. The zero-order chi connectivity index (χ0) is 6.85. The van der Waals surface area contributed by atoms with E-state index in [0.29, 0.717) is 11.3 Å². The normalized spacial score (nSPS) is 45.0. The van der Waals surface area contributed by atoms with Gasteiger partial charge in [-0.1, -0.05) is 0 Å². The highest BCUT2D eigenvalue weighted by atomic mass is 32.1. The van der Waals surface area contributed by atoms with Gasteiger partial charge in [0.1, 0.15) is 0 Å². The molecule has 1 aliphatic carbocycles. The molecule has 3 atom stereocenters. The molecule has 0 spiro atoms. The minimum atomic E-state index is 0.220. The van der Waals surface area contributed by atoms with Gasteiger partial charge in [0.25, 0.3) is 0 Å². The fourth-order valence-corrected chi connectivity index (χ4v) is 1.49. The molecule has 0 aromatic rings. The molecular weight excluding hydrogens is 132 g/mol. The van der Waals surface area contributed by atoms with Crippen LogP contribution >= 0.6 is 12.6 Å². The van der Waals surface area contributed by atoms with Crippen LogP contribution in [0.1, 0.15) is 19.3 Å². The van der Waals surface area contributed by atoms with Crippen molar-refractivity contribution in [2.24, 2.45) is 11.5 Å². The smallest absolute Gasteiger partial charge is 0.0171 e. The Morgan fingerprint density at radius 2 is 1.89 bits per heavy atom. The number of nitrogens with two attached hydrogens (primary N) is 2. The molecule has 1 aliphatic rings. The van der Waals surface area contributed by atoms with E-state index in [1.165, 1.54) is 0 Å². The van der Waals surface area contributed by atoms with E-state index in [4.69, 9.17) is 11.5 Å². The van der Waals surface area contributed by atoms with Gasteiger partial charge in [0, 0.05) is 17.3 Å². The Hall–Kier alpha value is 0.270. The number of hydrogen-bond acceptors (Lipinski definition) is 3. The molecule has 4 N–H and O–H groups in total. The van der Waals surface area contributed by atoms with Gasteiger partial charge in [0.15, 0.2) is 0 Å². The summed E-state index contributed by atoms with van der Waals surface area (Å²) in [5.74, 6) is 0. The van der Waals surface area contributed by atoms with Gasteiger partial charge in [-0.05, 0) is 19.3 Å². The maximum atomic E-state index is 5.71. The van der Waals surface area contributed by atoms with Crippen LogP contribution < -0.4 is 11.5 Å². The van der Waals surface area contributed by atoms with E-state index in [9.17, 15) is 0 Å². The SMILES string of the molecule is NC1CCC(S)[C@@H](N)C1. The van der Waals surface area contributed by atoms with E-state index in [2.05, 4.69) is 12.6 Å². The van der Waals surface area contributed by atoms with E-state index in [1.807, 2.05) is 0 Å². The highest BCUT2D eigenvalue weighted by Crippen LogP contribution is 2.20. The highest BCUT2D eigenvalue weighted by molar-refractivity contribution is 7.81. The largest absolute Gasteiger partial charge is 0.328 e. The van der Waals surface area contributed by atoms with Crippen LogP contribution in [0, 0.1) is 0 Å². The monoisotopic (exact) mass is 146 g/mol. The maximum absolute atomic E-state index is 5.71. The second-order valence-electron chi connectivity index (χ2n) is 2.80. The van der Waals surface area contributed by atoms with Crippen molar-refractivity contribution in [2.75, 3.05) is 0 Å². The Bertz CT molecular complexity index is 97.1. The first-order chi connectivity index (χ1) is 4.20. The lowest BCUT2D eigenvalue weighted by molar-refractivity contribution is 0.404. The molecule has 2 unspecified atom stereocenters. The van der Waals surface area contributed by atoms with Gasteiger partial charge in [0.2, 0.25) is 0 Å². The zero-order valence-electron chi connectivity index (χ0n) is 5.46. The average molecular weight is 146 g/mol. The van der Waals surface area contributed by atoms with Crippen molar-refractivity contribution in [1.29, 1.82) is 0 Å². The van der Waals surface area contributed by atoms with Crippen LogP contribution in [0.3, 0.4) is 0 Å². The predicted molar refractivity (Wildman–Crippen MR) is 42.6 cm³/mol. The van der Waals surface area contributed by atoms with Crippen LogP contribution in [0.25, 0.3) is 0 Å². The molecule has 0 saturated heterocycles. The summed E-state index contributed by atoms with van der Waals surface area (Å²) in [5.41, 5.74) is 11.4. The Morgan fingerprint density at radius 1 is 1.22 bits per heavy atom. The fourth-order valence-electron chi connectivity index (χ4n) is 1.22. The Morgan fingerprint density at radius 3 is 2.33 bits per heavy atom. The van der Waals surface area contributed by atoms with Crippen molar-refractivity contribution in [2.45, 2.75) is 36.6 Å². The number of rotatable bonds is 0. The van der Waals surface area contributed by atoms with Gasteiger partial charge in [-0.3, -0.25) is 0 Å². The molecule has 0 heterocycles. The second kappa shape index (κ2) is 2.90. The molecule has 3 heteroatoms. The van der Waals surface area contributed by atoms with Crippen LogP contribution in [0.2, 0.25) is 0 Å². The van der Waals surface area contributed by atoms with Crippen molar-refractivity contribution in [1.82, 2.24) is 0 Å². The molecule has 0 radical (unpaired) electrons. The summed E-state index contributed by atoms with van der Waals surface area (Å²) in [4.78, 5) is 0. The highest BCUT2D eigenvalue weighted by Gasteiger charge is 2.22. The van der Waals surface area contributed by atoms with Crippen molar-refractivity contribution in [3.8, 4) is 0 Å². The molecular formula is C6H14N2S. The zero-order valence-corrected chi connectivity index (χ0v) is 6.35. The van der Waals surface area contributed by atoms with Gasteiger partial charge in [-0.25, -0.2) is 0 Å². The first-order valence-corrected chi connectivity index (χ1v) is 3.91. The number of thiol groups is 1. The molecule has 0 aromatic heterocycles. The summed E-state index contributed by atoms with van der Waals surface area (Å²) >= 11 is 4.32. The topological polar surface area (TPSA) is 52.0 Å². The quantitative estimate of drug-likeness (QED) is 0.425. The summed E-state index contributed by atoms with van der Waals surface area (Å²) in [6, 6.07) is 0.542. The van der Waals surface area contributed by atoms with E-state index in [-0.39, 0.29) is 6.04 Å². The standard InChI is InChI=1S/C6H14N2S/c7-4-1-2-6(9)5(8)3-4/h4-6,9H,1-3,7-8H2/t4?,5-,6?/m0/s1. The van der Waals surface area contributed by atoms with Gasteiger partial charge in [0.05, 0.1) is 0 Å². The number of hydrogen-bond donors (Lipinski definition) is 3. The van der Waals surface area contributed by atoms with Gasteiger partial charge >= 0.3 is 0 Å². The molecule has 0 aliphatic heterocycles. The molecule has 54 valence electrons. The van der Waals surface area contributed by atoms with Crippen LogP contribution in [-0.2, 0) is 0 Å². The maximum Gasteiger partial charge on any atom is 0.0171 e. The fraction of sp³-hybridized carbons (Fsp3) is 1.00. The minimum Gasteiger partial charge on any atom is -0.328 e. The first kappa shape index (κ1) is 7.38. The van der Waals surface area contributed by atoms with Crippen LogP contribution in [0.4, 0.5) is 0 Å². The summed E-state index contributed by atoms with van der Waals surface area (Å²) in [7, 11) is 0.